The first-order chi connectivity index (χ1) is 7.78. The molecule has 1 saturated heterocycles. The fourth-order valence-corrected chi connectivity index (χ4v) is 1.84. The van der Waals surface area contributed by atoms with Gasteiger partial charge in [-0.25, -0.2) is 0 Å². The van der Waals surface area contributed by atoms with Crippen LogP contribution in [0.4, 0.5) is 0 Å². The van der Waals surface area contributed by atoms with Crippen LogP contribution in [0.5, 0.6) is 0 Å². The van der Waals surface area contributed by atoms with Gasteiger partial charge >= 0.3 is 5.97 Å². The van der Waals surface area contributed by atoms with E-state index in [0.29, 0.717) is 13.1 Å². The minimum absolute atomic E-state index is 0.0483. The number of hydrogen-bond donors (Lipinski definition) is 1. The molecular formula is C12H21NO4. The Balaban J connectivity index is 2.33. The highest BCUT2D eigenvalue weighted by Crippen LogP contribution is 2.20. The lowest BCUT2D eigenvalue weighted by atomic mass is 10.1. The number of carbonyl (C=O) groups excluding carboxylic acids is 1. The highest BCUT2D eigenvalue weighted by atomic mass is 16.5. The van der Waals surface area contributed by atoms with Crippen LogP contribution in [0.15, 0.2) is 0 Å². The Morgan fingerprint density at radius 2 is 2.06 bits per heavy atom. The fourth-order valence-electron chi connectivity index (χ4n) is 1.84. The van der Waals surface area contributed by atoms with E-state index < -0.39 is 5.97 Å². The zero-order valence-electron chi connectivity index (χ0n) is 10.7. The summed E-state index contributed by atoms with van der Waals surface area (Å²) >= 11 is 0. The van der Waals surface area contributed by atoms with Crippen molar-refractivity contribution in [2.75, 3.05) is 19.7 Å². The largest absolute Gasteiger partial charge is 0.481 e. The summed E-state index contributed by atoms with van der Waals surface area (Å²) in [4.78, 5) is 24.0. The molecule has 1 unspecified atom stereocenters. The second-order valence-corrected chi connectivity index (χ2v) is 5.49. The van der Waals surface area contributed by atoms with E-state index in [1.54, 1.807) is 4.90 Å². The Morgan fingerprint density at radius 1 is 1.41 bits per heavy atom. The van der Waals surface area contributed by atoms with Gasteiger partial charge in [-0.3, -0.25) is 9.59 Å². The second-order valence-electron chi connectivity index (χ2n) is 5.49. The predicted molar refractivity (Wildman–Crippen MR) is 62.6 cm³/mol. The van der Waals surface area contributed by atoms with Crippen LogP contribution >= 0.6 is 0 Å². The summed E-state index contributed by atoms with van der Waals surface area (Å²) in [5, 5.41) is 8.68. The van der Waals surface area contributed by atoms with Gasteiger partial charge in [0.05, 0.1) is 5.60 Å². The Bertz CT molecular complexity index is 295. The molecule has 0 aliphatic carbocycles. The van der Waals surface area contributed by atoms with Gasteiger partial charge in [0.25, 0.3) is 0 Å². The molecule has 0 aromatic heterocycles. The number of hydrogen-bond acceptors (Lipinski definition) is 3. The maximum Gasteiger partial charge on any atom is 0.303 e. The number of amides is 1. The van der Waals surface area contributed by atoms with E-state index in [2.05, 4.69) is 0 Å². The first kappa shape index (κ1) is 14.0. The van der Waals surface area contributed by atoms with Gasteiger partial charge in [-0.05, 0) is 33.1 Å². The molecule has 1 aliphatic rings. The molecular weight excluding hydrogens is 222 g/mol. The number of rotatable bonds is 4. The molecule has 98 valence electrons. The number of likely N-dealkylation sites (tertiary alicyclic amines) is 1. The summed E-state index contributed by atoms with van der Waals surface area (Å²) in [6, 6.07) is 0. The Kier molecular flexibility index (Phi) is 4.51. The van der Waals surface area contributed by atoms with E-state index in [0.717, 1.165) is 6.42 Å². The zero-order chi connectivity index (χ0) is 13.1. The molecule has 1 N–H and O–H groups in total. The third kappa shape index (κ3) is 5.17. The van der Waals surface area contributed by atoms with Gasteiger partial charge < -0.3 is 14.7 Å². The molecule has 0 aromatic rings. The van der Waals surface area contributed by atoms with Crippen LogP contribution in [-0.2, 0) is 14.3 Å². The van der Waals surface area contributed by atoms with Crippen LogP contribution in [0.1, 0.15) is 33.6 Å². The minimum Gasteiger partial charge on any atom is -0.481 e. The molecule has 5 nitrogen and oxygen atoms in total. The molecule has 1 aliphatic heterocycles. The van der Waals surface area contributed by atoms with Crippen LogP contribution in [0.25, 0.3) is 0 Å². The molecule has 0 radical (unpaired) electrons. The lowest BCUT2D eigenvalue weighted by molar-refractivity contribution is -0.141. The fraction of sp³-hybridized carbons (Fsp3) is 0.833. The second kappa shape index (κ2) is 5.49. The van der Waals surface area contributed by atoms with Gasteiger partial charge in [-0.15, -0.1) is 0 Å². The molecule has 5 heteroatoms. The van der Waals surface area contributed by atoms with E-state index >= 15 is 0 Å². The van der Waals surface area contributed by atoms with E-state index in [-0.39, 0.29) is 30.5 Å². The number of aliphatic carboxylic acids is 1. The van der Waals surface area contributed by atoms with Crippen molar-refractivity contribution in [3.63, 3.8) is 0 Å². The number of carboxylic acids is 1. The van der Waals surface area contributed by atoms with E-state index in [9.17, 15) is 9.59 Å². The third-order valence-electron chi connectivity index (χ3n) is 2.73. The van der Waals surface area contributed by atoms with E-state index in [4.69, 9.17) is 9.84 Å². The standard InChI is InChI=1S/C12H21NO4/c1-12(2,3)17-8-10(14)13-5-4-9(7-13)6-11(15)16/h9H,4-8H2,1-3H3,(H,15,16). The van der Waals surface area contributed by atoms with Gasteiger partial charge in [0.2, 0.25) is 5.91 Å². The topological polar surface area (TPSA) is 66.8 Å². The Morgan fingerprint density at radius 3 is 2.59 bits per heavy atom. The number of nitrogens with zero attached hydrogens (tertiary/aromatic N) is 1. The van der Waals surface area contributed by atoms with Crippen molar-refractivity contribution in [1.29, 1.82) is 0 Å². The van der Waals surface area contributed by atoms with Gasteiger partial charge in [-0.2, -0.15) is 0 Å². The molecule has 0 aromatic carbocycles. The van der Waals surface area contributed by atoms with Gasteiger partial charge in [0, 0.05) is 19.5 Å². The monoisotopic (exact) mass is 243 g/mol. The SMILES string of the molecule is CC(C)(C)OCC(=O)N1CCC(CC(=O)O)C1. The van der Waals surface area contributed by atoms with Crippen LogP contribution in [0.2, 0.25) is 0 Å². The molecule has 0 saturated carbocycles. The lowest BCUT2D eigenvalue weighted by Gasteiger charge is -2.22. The summed E-state index contributed by atoms with van der Waals surface area (Å²) in [7, 11) is 0. The molecule has 0 bridgehead atoms. The maximum atomic E-state index is 11.8. The summed E-state index contributed by atoms with van der Waals surface area (Å²) in [6.07, 6.45) is 0.914. The molecule has 1 atom stereocenters. The Labute approximate surface area is 102 Å². The minimum atomic E-state index is -0.796. The molecule has 1 amide bonds. The molecule has 0 spiro atoms. The first-order valence-corrected chi connectivity index (χ1v) is 5.91. The average Bonchev–Trinajstić information content (AvgIpc) is 2.60. The molecule has 1 fully saturated rings. The first-order valence-electron chi connectivity index (χ1n) is 5.91. The van der Waals surface area contributed by atoms with Crippen LogP contribution in [0, 0.1) is 5.92 Å². The average molecular weight is 243 g/mol. The predicted octanol–water partition coefficient (Wildman–Crippen LogP) is 1.12. The summed E-state index contributed by atoms with van der Waals surface area (Å²) < 4.78 is 5.41. The van der Waals surface area contributed by atoms with Crippen molar-refractivity contribution in [3.05, 3.63) is 0 Å². The van der Waals surface area contributed by atoms with Crippen LogP contribution in [-0.4, -0.2) is 47.2 Å². The number of carbonyl (C=O) groups is 2. The van der Waals surface area contributed by atoms with Crippen LogP contribution in [0.3, 0.4) is 0 Å². The highest BCUT2D eigenvalue weighted by Gasteiger charge is 2.28. The number of carboxylic acid groups (broad SMARTS) is 1. The summed E-state index contributed by atoms with van der Waals surface area (Å²) in [5.41, 5.74) is -0.324. The Hall–Kier alpha value is -1.10. The van der Waals surface area contributed by atoms with Gasteiger partial charge in [-0.1, -0.05) is 0 Å². The molecule has 1 rings (SSSR count). The quantitative estimate of drug-likeness (QED) is 0.803. The van der Waals surface area contributed by atoms with Crippen molar-refractivity contribution in [3.8, 4) is 0 Å². The van der Waals surface area contributed by atoms with E-state index in [1.807, 2.05) is 20.8 Å². The van der Waals surface area contributed by atoms with Crippen LogP contribution < -0.4 is 0 Å². The van der Waals surface area contributed by atoms with E-state index in [1.165, 1.54) is 0 Å². The maximum absolute atomic E-state index is 11.8. The number of ether oxygens (including phenoxy) is 1. The normalized spacial score (nSPS) is 20.6. The van der Waals surface area contributed by atoms with Crippen molar-refractivity contribution in [2.24, 2.45) is 5.92 Å². The molecule has 17 heavy (non-hydrogen) atoms. The van der Waals surface area contributed by atoms with Gasteiger partial charge in [0.15, 0.2) is 0 Å². The smallest absolute Gasteiger partial charge is 0.303 e. The highest BCUT2D eigenvalue weighted by molar-refractivity contribution is 5.78. The lowest BCUT2D eigenvalue weighted by Crippen LogP contribution is -2.35. The van der Waals surface area contributed by atoms with Crippen molar-refractivity contribution < 1.29 is 19.4 Å². The third-order valence-corrected chi connectivity index (χ3v) is 2.73. The van der Waals surface area contributed by atoms with Crippen molar-refractivity contribution in [2.45, 2.75) is 39.2 Å². The molecule has 1 heterocycles. The summed E-state index contributed by atoms with van der Waals surface area (Å²) in [6.45, 7) is 6.96. The van der Waals surface area contributed by atoms with Gasteiger partial charge in [0.1, 0.15) is 6.61 Å². The van der Waals surface area contributed by atoms with Crippen molar-refractivity contribution >= 4 is 11.9 Å². The zero-order valence-corrected chi connectivity index (χ0v) is 10.7. The summed E-state index contributed by atoms with van der Waals surface area (Å²) in [5.74, 6) is -0.755. The van der Waals surface area contributed by atoms with Crippen molar-refractivity contribution in [1.82, 2.24) is 4.90 Å².